The van der Waals surface area contributed by atoms with Crippen molar-refractivity contribution >= 4 is 45.4 Å². The van der Waals surface area contributed by atoms with Crippen molar-refractivity contribution < 1.29 is 9.47 Å². The highest BCUT2D eigenvalue weighted by Crippen LogP contribution is 2.37. The molecule has 4 aromatic carbocycles. The van der Waals surface area contributed by atoms with Crippen LogP contribution in [0, 0.1) is 0 Å². The number of hydrazine groups is 2. The summed E-state index contributed by atoms with van der Waals surface area (Å²) >= 11 is 3.55. The van der Waals surface area contributed by atoms with Gasteiger partial charge in [0.25, 0.3) is 0 Å². The number of ether oxygens (including phenoxy) is 2. The van der Waals surface area contributed by atoms with Gasteiger partial charge in [-0.1, -0.05) is 74.2 Å². The highest BCUT2D eigenvalue weighted by atomic mass is 32.1. The summed E-state index contributed by atoms with van der Waals surface area (Å²) in [5, 5.41) is 8.65. The van der Waals surface area contributed by atoms with E-state index in [0.29, 0.717) is 0 Å². The normalized spacial score (nSPS) is 16.7. The molecular weight excluding hydrogens is 705 g/mol. The highest BCUT2D eigenvalue weighted by molar-refractivity contribution is 7.10. The molecule has 0 saturated heterocycles. The zero-order valence-electron chi connectivity index (χ0n) is 30.4. The Morgan fingerprint density at radius 3 is 1.24 bits per heavy atom. The summed E-state index contributed by atoms with van der Waals surface area (Å²) in [6.45, 7) is 1.48. The molecule has 0 aliphatic carbocycles. The van der Waals surface area contributed by atoms with Crippen LogP contribution in [0.25, 0.3) is 11.4 Å². The summed E-state index contributed by atoms with van der Waals surface area (Å²) in [7, 11) is 0. The van der Waals surface area contributed by atoms with Gasteiger partial charge in [-0.3, -0.25) is 10.0 Å². The summed E-state index contributed by atoms with van der Waals surface area (Å²) in [6, 6.07) is 46.9. The lowest BCUT2D eigenvalue weighted by molar-refractivity contribution is 0.297. The maximum Gasteiger partial charge on any atom is 0.119 e. The number of nitrogens with zero attached hydrogens (tertiary/aromatic N) is 2. The number of anilines is 2. The first-order valence-corrected chi connectivity index (χ1v) is 20.7. The lowest BCUT2D eigenvalue weighted by Crippen LogP contribution is -2.32. The van der Waals surface area contributed by atoms with Gasteiger partial charge in [0.1, 0.15) is 11.5 Å². The standard InChI is InChI=1S/C46H46N4O2S2/c1(3-11-29-51-39-25-21-35(22-26-39)43-33-41(45-19-13-31-53-45)47-49(43)37-15-7-5-8-16-37)2-4-12-30-52-40-27-23-36(24-28-40)44-34-42(46-20-14-32-54-46)48-50(44)38-17-9-6-10-18-38/h5-10,13-28,31-34,41-42,47-48H,1-4,11-12,29-30H2. The molecule has 2 N–H and O–H groups in total. The van der Waals surface area contributed by atoms with Gasteiger partial charge >= 0.3 is 0 Å². The molecule has 0 radical (unpaired) electrons. The van der Waals surface area contributed by atoms with Crippen LogP contribution in [0.3, 0.4) is 0 Å². The third-order valence-electron chi connectivity index (χ3n) is 9.77. The number of thiophene rings is 2. The van der Waals surface area contributed by atoms with E-state index in [1.54, 1.807) is 22.7 Å². The number of rotatable bonds is 17. The van der Waals surface area contributed by atoms with Gasteiger partial charge in [0, 0.05) is 9.75 Å². The highest BCUT2D eigenvalue weighted by Gasteiger charge is 2.28. The van der Waals surface area contributed by atoms with Gasteiger partial charge in [0.2, 0.25) is 0 Å². The Bertz CT molecular complexity index is 1930. The molecule has 8 heteroatoms. The number of hydrogen-bond donors (Lipinski definition) is 2. The molecule has 0 fully saturated rings. The molecule has 54 heavy (non-hydrogen) atoms. The SMILES string of the molecule is C1=C(c2ccc(OCCCCCCCCOc3ccc(C4=CC(c5cccs5)NN4c4ccccc4)cc3)cc2)N(c2ccccc2)NC1c1cccs1. The van der Waals surface area contributed by atoms with Gasteiger partial charge in [-0.25, -0.2) is 10.9 Å². The monoisotopic (exact) mass is 750 g/mol. The second-order valence-electron chi connectivity index (χ2n) is 13.6. The summed E-state index contributed by atoms with van der Waals surface area (Å²) < 4.78 is 12.2. The number of hydrogen-bond acceptors (Lipinski definition) is 8. The second kappa shape index (κ2) is 17.8. The molecule has 8 rings (SSSR count). The molecule has 0 bridgehead atoms. The molecule has 4 heterocycles. The molecular formula is C46H46N4O2S2. The van der Waals surface area contributed by atoms with Crippen LogP contribution in [0.15, 0.2) is 156 Å². The summed E-state index contributed by atoms with van der Waals surface area (Å²) in [5.74, 6) is 1.84. The smallest absolute Gasteiger partial charge is 0.119 e. The van der Waals surface area contributed by atoms with Crippen LogP contribution >= 0.6 is 22.7 Å². The Labute approximate surface area is 327 Å². The number of unbranched alkanes of at least 4 members (excludes halogenated alkanes) is 5. The zero-order valence-corrected chi connectivity index (χ0v) is 32.0. The minimum atomic E-state index is 0.150. The van der Waals surface area contributed by atoms with E-state index in [2.05, 4.69) is 177 Å². The maximum atomic E-state index is 6.12. The largest absolute Gasteiger partial charge is 0.494 e. The van der Waals surface area contributed by atoms with Crippen molar-refractivity contribution in [2.75, 3.05) is 23.2 Å². The Kier molecular flexibility index (Phi) is 11.8. The number of para-hydroxylation sites is 2. The van der Waals surface area contributed by atoms with Crippen LogP contribution in [-0.4, -0.2) is 13.2 Å². The van der Waals surface area contributed by atoms with E-state index >= 15 is 0 Å². The first kappa shape index (κ1) is 35.9. The van der Waals surface area contributed by atoms with Crippen molar-refractivity contribution in [2.45, 2.75) is 50.6 Å². The Hall–Kier alpha value is -5.12. The number of benzene rings is 4. The van der Waals surface area contributed by atoms with E-state index in [4.69, 9.17) is 9.47 Å². The lowest BCUT2D eigenvalue weighted by atomic mass is 10.1. The Morgan fingerprint density at radius 2 is 0.852 bits per heavy atom. The fraction of sp³-hybridized carbons (Fsp3) is 0.217. The van der Waals surface area contributed by atoms with Crippen molar-refractivity contribution in [3.63, 3.8) is 0 Å². The topological polar surface area (TPSA) is 49.0 Å². The Balaban J connectivity index is 0.735. The van der Waals surface area contributed by atoms with Crippen LogP contribution in [0.1, 0.15) is 71.5 Å². The Morgan fingerprint density at radius 1 is 0.444 bits per heavy atom. The quantitative estimate of drug-likeness (QED) is 0.0906. The first-order chi connectivity index (χ1) is 26.8. The van der Waals surface area contributed by atoms with Gasteiger partial charge < -0.3 is 9.47 Å². The van der Waals surface area contributed by atoms with Crippen LogP contribution in [0.2, 0.25) is 0 Å². The minimum Gasteiger partial charge on any atom is -0.494 e. The van der Waals surface area contributed by atoms with E-state index in [9.17, 15) is 0 Å². The van der Waals surface area contributed by atoms with Gasteiger partial charge in [0.15, 0.2) is 0 Å². The van der Waals surface area contributed by atoms with E-state index in [1.165, 1.54) is 35.4 Å². The van der Waals surface area contributed by atoms with Crippen molar-refractivity contribution in [1.82, 2.24) is 10.9 Å². The predicted molar refractivity (Wildman–Crippen MR) is 226 cm³/mol. The van der Waals surface area contributed by atoms with Crippen LogP contribution in [0.5, 0.6) is 11.5 Å². The predicted octanol–water partition coefficient (Wildman–Crippen LogP) is 11.8. The lowest BCUT2D eigenvalue weighted by Gasteiger charge is -2.24. The van der Waals surface area contributed by atoms with E-state index in [-0.39, 0.29) is 12.1 Å². The molecule has 6 aromatic rings. The van der Waals surface area contributed by atoms with Gasteiger partial charge in [-0.15, -0.1) is 22.7 Å². The average molecular weight is 751 g/mol. The maximum absolute atomic E-state index is 6.12. The molecule has 2 unspecified atom stereocenters. The van der Waals surface area contributed by atoms with Crippen LogP contribution in [-0.2, 0) is 0 Å². The molecule has 0 saturated carbocycles. The van der Waals surface area contributed by atoms with Crippen LogP contribution in [0.4, 0.5) is 11.4 Å². The van der Waals surface area contributed by atoms with Crippen molar-refractivity contribution in [1.29, 1.82) is 0 Å². The second-order valence-corrected chi connectivity index (χ2v) is 15.5. The van der Waals surface area contributed by atoms with Crippen molar-refractivity contribution in [3.05, 3.63) is 177 Å². The fourth-order valence-corrected chi connectivity index (χ4v) is 8.43. The van der Waals surface area contributed by atoms with Gasteiger partial charge in [-0.2, -0.15) is 0 Å². The molecule has 2 aliphatic rings. The van der Waals surface area contributed by atoms with E-state index in [1.807, 2.05) is 0 Å². The molecule has 2 aliphatic heterocycles. The minimum absolute atomic E-state index is 0.150. The van der Waals surface area contributed by atoms with Crippen molar-refractivity contribution in [2.24, 2.45) is 0 Å². The van der Waals surface area contributed by atoms with Crippen molar-refractivity contribution in [3.8, 4) is 11.5 Å². The number of nitrogens with one attached hydrogen (secondary N) is 2. The third kappa shape index (κ3) is 8.80. The molecule has 2 atom stereocenters. The molecule has 2 aromatic heterocycles. The summed E-state index contributed by atoms with van der Waals surface area (Å²) in [6.07, 6.45) is 11.5. The zero-order chi connectivity index (χ0) is 36.4. The molecule has 0 amide bonds. The first-order valence-electron chi connectivity index (χ1n) is 19.0. The fourth-order valence-electron chi connectivity index (χ4n) is 6.95. The summed E-state index contributed by atoms with van der Waals surface area (Å²) in [5.41, 5.74) is 14.2. The summed E-state index contributed by atoms with van der Waals surface area (Å²) in [4.78, 5) is 2.60. The molecule has 274 valence electrons. The molecule has 6 nitrogen and oxygen atoms in total. The van der Waals surface area contributed by atoms with E-state index < -0.39 is 0 Å². The van der Waals surface area contributed by atoms with Gasteiger partial charge in [0.05, 0.1) is 48.1 Å². The third-order valence-corrected chi connectivity index (χ3v) is 11.7. The molecule has 0 spiro atoms. The average Bonchev–Trinajstić information content (AvgIpc) is 4.07. The van der Waals surface area contributed by atoms with E-state index in [0.717, 1.165) is 71.5 Å². The van der Waals surface area contributed by atoms with Crippen LogP contribution < -0.4 is 30.3 Å². The van der Waals surface area contributed by atoms with Gasteiger partial charge in [-0.05, 0) is 132 Å².